The molecule has 5 heteroatoms. The lowest BCUT2D eigenvalue weighted by Crippen LogP contribution is -2.05. The molecule has 21 heavy (non-hydrogen) atoms. The highest BCUT2D eigenvalue weighted by atomic mass is 35.5. The molecule has 4 nitrogen and oxygen atoms in total. The minimum absolute atomic E-state index is 0.0122. The fourth-order valence-electron chi connectivity index (χ4n) is 2.41. The summed E-state index contributed by atoms with van der Waals surface area (Å²) in [6.07, 6.45) is 1.07. The van der Waals surface area contributed by atoms with Crippen LogP contribution >= 0.6 is 11.6 Å². The highest BCUT2D eigenvalue weighted by Crippen LogP contribution is 2.24. The molecule has 0 atom stereocenters. The van der Waals surface area contributed by atoms with Crippen LogP contribution in [0, 0.1) is 13.8 Å². The number of anilines is 1. The lowest BCUT2D eigenvalue weighted by molar-refractivity contribution is 0.282. The molecule has 2 aromatic rings. The van der Waals surface area contributed by atoms with Crippen LogP contribution in [-0.4, -0.2) is 14.9 Å². The number of aryl methyl sites for hydroxylation is 2. The van der Waals surface area contributed by atoms with Gasteiger partial charge in [0.15, 0.2) is 0 Å². The number of nitrogens with one attached hydrogen (secondary N) is 1. The lowest BCUT2D eigenvalue weighted by Gasteiger charge is -2.10. The molecule has 0 saturated heterocycles. The van der Waals surface area contributed by atoms with Crippen molar-refractivity contribution >= 4 is 17.3 Å². The predicted molar refractivity (Wildman–Crippen MR) is 86.7 cm³/mol. The van der Waals surface area contributed by atoms with E-state index < -0.39 is 0 Å². The van der Waals surface area contributed by atoms with Gasteiger partial charge in [0.25, 0.3) is 0 Å². The average molecular weight is 308 g/mol. The van der Waals surface area contributed by atoms with E-state index in [1.54, 1.807) is 6.07 Å². The molecular weight excluding hydrogens is 286 g/mol. The fourth-order valence-corrected chi connectivity index (χ4v) is 2.59. The van der Waals surface area contributed by atoms with Crippen molar-refractivity contribution < 1.29 is 5.11 Å². The zero-order valence-electron chi connectivity index (χ0n) is 12.8. The first-order chi connectivity index (χ1) is 10.1. The molecular formula is C16H22ClN3O. The Kier molecular flexibility index (Phi) is 5.26. The summed E-state index contributed by atoms with van der Waals surface area (Å²) < 4.78 is 2.05. The van der Waals surface area contributed by atoms with Crippen molar-refractivity contribution in [3.63, 3.8) is 0 Å². The van der Waals surface area contributed by atoms with E-state index in [9.17, 15) is 5.11 Å². The number of rotatable bonds is 6. The largest absolute Gasteiger partial charge is 0.392 e. The Morgan fingerprint density at radius 2 is 2.10 bits per heavy atom. The van der Waals surface area contributed by atoms with E-state index in [2.05, 4.69) is 28.9 Å². The molecule has 0 bridgehead atoms. The summed E-state index contributed by atoms with van der Waals surface area (Å²) in [4.78, 5) is 0. The van der Waals surface area contributed by atoms with Crippen LogP contribution in [0.3, 0.4) is 0 Å². The molecule has 2 rings (SSSR count). The Balaban J connectivity index is 2.16. The Hall–Kier alpha value is -1.52. The van der Waals surface area contributed by atoms with Crippen LogP contribution in [0.2, 0.25) is 5.02 Å². The summed E-state index contributed by atoms with van der Waals surface area (Å²) in [7, 11) is 0. The van der Waals surface area contributed by atoms with E-state index in [1.807, 2.05) is 19.1 Å². The van der Waals surface area contributed by atoms with E-state index in [0.29, 0.717) is 11.6 Å². The third-order valence-corrected chi connectivity index (χ3v) is 3.97. The maximum atomic E-state index is 9.20. The molecule has 0 spiro atoms. The van der Waals surface area contributed by atoms with Gasteiger partial charge < -0.3 is 10.4 Å². The second-order valence-corrected chi connectivity index (χ2v) is 5.61. The lowest BCUT2D eigenvalue weighted by atomic mass is 10.1. The Morgan fingerprint density at radius 1 is 1.33 bits per heavy atom. The van der Waals surface area contributed by atoms with Crippen molar-refractivity contribution in [3.8, 4) is 0 Å². The Labute approximate surface area is 130 Å². The minimum atomic E-state index is 0.0122. The van der Waals surface area contributed by atoms with E-state index in [1.165, 1.54) is 11.3 Å². The van der Waals surface area contributed by atoms with Gasteiger partial charge in [-0.15, -0.1) is 0 Å². The van der Waals surface area contributed by atoms with Crippen molar-refractivity contribution in [2.24, 2.45) is 0 Å². The number of hydrogen-bond acceptors (Lipinski definition) is 3. The molecule has 0 fully saturated rings. The van der Waals surface area contributed by atoms with Crippen LogP contribution in [-0.2, 0) is 19.7 Å². The summed E-state index contributed by atoms with van der Waals surface area (Å²) in [6.45, 7) is 7.90. The maximum absolute atomic E-state index is 9.20. The van der Waals surface area contributed by atoms with Crippen LogP contribution in [0.1, 0.15) is 35.9 Å². The SMILES string of the molecule is CCCn1nc(C)c(CNc2cc(CO)ccc2Cl)c1C. The van der Waals surface area contributed by atoms with Crippen LogP contribution in [0.15, 0.2) is 18.2 Å². The van der Waals surface area contributed by atoms with E-state index in [0.717, 1.165) is 29.9 Å². The monoisotopic (exact) mass is 307 g/mol. The van der Waals surface area contributed by atoms with Gasteiger partial charge in [-0.1, -0.05) is 24.6 Å². The number of benzene rings is 1. The van der Waals surface area contributed by atoms with Crippen molar-refractivity contribution in [3.05, 3.63) is 45.7 Å². The third-order valence-electron chi connectivity index (χ3n) is 3.64. The van der Waals surface area contributed by atoms with Crippen molar-refractivity contribution in [1.29, 1.82) is 0 Å². The molecule has 0 amide bonds. The first-order valence-corrected chi connectivity index (χ1v) is 7.60. The second-order valence-electron chi connectivity index (χ2n) is 5.20. The zero-order valence-corrected chi connectivity index (χ0v) is 13.5. The molecule has 0 radical (unpaired) electrons. The fraction of sp³-hybridized carbons (Fsp3) is 0.438. The van der Waals surface area contributed by atoms with E-state index in [-0.39, 0.29) is 6.61 Å². The van der Waals surface area contributed by atoms with Gasteiger partial charge in [-0.05, 0) is 38.0 Å². The van der Waals surface area contributed by atoms with Crippen molar-refractivity contribution in [1.82, 2.24) is 9.78 Å². The second kappa shape index (κ2) is 6.96. The molecule has 0 aliphatic carbocycles. The Morgan fingerprint density at radius 3 is 2.76 bits per heavy atom. The molecule has 0 saturated carbocycles. The van der Waals surface area contributed by atoms with Crippen molar-refractivity contribution in [2.75, 3.05) is 5.32 Å². The number of aliphatic hydroxyl groups is 1. The molecule has 1 aromatic heterocycles. The molecule has 0 unspecified atom stereocenters. The van der Waals surface area contributed by atoms with Crippen LogP contribution in [0.25, 0.3) is 0 Å². The number of aromatic nitrogens is 2. The first-order valence-electron chi connectivity index (χ1n) is 7.22. The van der Waals surface area contributed by atoms with Crippen LogP contribution in [0.5, 0.6) is 0 Å². The molecule has 0 aliphatic rings. The highest BCUT2D eigenvalue weighted by molar-refractivity contribution is 6.33. The number of hydrogen-bond donors (Lipinski definition) is 2. The van der Waals surface area contributed by atoms with E-state index >= 15 is 0 Å². The average Bonchev–Trinajstić information content (AvgIpc) is 2.73. The normalized spacial score (nSPS) is 10.9. The highest BCUT2D eigenvalue weighted by Gasteiger charge is 2.11. The molecule has 114 valence electrons. The molecule has 1 heterocycles. The minimum Gasteiger partial charge on any atom is -0.392 e. The van der Waals surface area contributed by atoms with Gasteiger partial charge in [0.1, 0.15) is 0 Å². The predicted octanol–water partition coefficient (Wildman–Crippen LogP) is 3.67. The quantitative estimate of drug-likeness (QED) is 0.856. The van der Waals surface area contributed by atoms with Gasteiger partial charge in [0.2, 0.25) is 0 Å². The smallest absolute Gasteiger partial charge is 0.0682 e. The third kappa shape index (κ3) is 3.57. The summed E-state index contributed by atoms with van der Waals surface area (Å²) in [6, 6.07) is 5.50. The zero-order chi connectivity index (χ0) is 15.4. The summed E-state index contributed by atoms with van der Waals surface area (Å²) in [5.74, 6) is 0. The van der Waals surface area contributed by atoms with Gasteiger partial charge in [-0.2, -0.15) is 5.10 Å². The number of aliphatic hydroxyl groups excluding tert-OH is 1. The van der Waals surface area contributed by atoms with Gasteiger partial charge in [0.05, 0.1) is 23.0 Å². The number of nitrogens with zero attached hydrogens (tertiary/aromatic N) is 2. The van der Waals surface area contributed by atoms with E-state index in [4.69, 9.17) is 11.6 Å². The summed E-state index contributed by atoms with van der Waals surface area (Å²) in [5, 5.41) is 17.8. The number of halogens is 1. The van der Waals surface area contributed by atoms with Crippen LogP contribution < -0.4 is 5.32 Å². The molecule has 0 aliphatic heterocycles. The summed E-state index contributed by atoms with van der Waals surface area (Å²) >= 11 is 6.19. The van der Waals surface area contributed by atoms with Gasteiger partial charge in [-0.3, -0.25) is 4.68 Å². The van der Waals surface area contributed by atoms with Crippen molar-refractivity contribution in [2.45, 2.75) is 46.9 Å². The standard InChI is InChI=1S/C16H22ClN3O/c1-4-7-20-12(3)14(11(2)19-20)9-18-16-8-13(10-21)5-6-15(16)17/h5-6,8,18,21H,4,7,9-10H2,1-3H3. The van der Waals surface area contributed by atoms with Gasteiger partial charge in [-0.25, -0.2) is 0 Å². The first kappa shape index (κ1) is 15.9. The van der Waals surface area contributed by atoms with Crippen LogP contribution in [0.4, 0.5) is 5.69 Å². The Bertz CT molecular complexity index is 622. The molecule has 1 aromatic carbocycles. The topological polar surface area (TPSA) is 50.1 Å². The summed E-state index contributed by atoms with van der Waals surface area (Å²) in [5.41, 5.74) is 5.12. The van der Waals surface area contributed by atoms with Gasteiger partial charge in [0, 0.05) is 24.3 Å². The molecule has 2 N–H and O–H groups in total. The van der Waals surface area contributed by atoms with Gasteiger partial charge >= 0.3 is 0 Å². The maximum Gasteiger partial charge on any atom is 0.0682 e.